The Morgan fingerprint density at radius 2 is 2.22 bits per heavy atom. The molecule has 1 unspecified atom stereocenters. The van der Waals surface area contributed by atoms with Gasteiger partial charge in [-0.1, -0.05) is 6.92 Å². The fourth-order valence-corrected chi connectivity index (χ4v) is 2.43. The number of rotatable bonds is 3. The molecule has 1 atom stereocenters. The molecule has 2 rings (SSSR count). The standard InChI is InChI=1S/C13H15BrO4/c1-8(3-4-15)11-12(16)9(14)7-10-13(11)18-6-2-5-17-10/h4,7-8,16H,2-3,5-6H2,1H3. The number of carbonyl (C=O) groups excluding carboxylic acids is 1. The molecule has 98 valence electrons. The largest absolute Gasteiger partial charge is 0.506 e. The molecule has 4 nitrogen and oxygen atoms in total. The van der Waals surface area contributed by atoms with Gasteiger partial charge >= 0.3 is 0 Å². The van der Waals surface area contributed by atoms with E-state index in [2.05, 4.69) is 15.9 Å². The Morgan fingerprint density at radius 3 is 2.94 bits per heavy atom. The zero-order chi connectivity index (χ0) is 13.1. The fraction of sp³-hybridized carbons (Fsp3) is 0.462. The van der Waals surface area contributed by atoms with E-state index in [0.717, 1.165) is 12.7 Å². The van der Waals surface area contributed by atoms with Crippen molar-refractivity contribution in [3.8, 4) is 17.2 Å². The maximum absolute atomic E-state index is 10.7. The highest BCUT2D eigenvalue weighted by Crippen LogP contribution is 2.47. The molecular formula is C13H15BrO4. The summed E-state index contributed by atoms with van der Waals surface area (Å²) in [7, 11) is 0. The summed E-state index contributed by atoms with van der Waals surface area (Å²) in [6, 6.07) is 1.70. The van der Waals surface area contributed by atoms with Crippen LogP contribution in [0.25, 0.3) is 0 Å². The maximum atomic E-state index is 10.7. The van der Waals surface area contributed by atoms with Crippen LogP contribution >= 0.6 is 15.9 Å². The van der Waals surface area contributed by atoms with Gasteiger partial charge in [0.1, 0.15) is 12.0 Å². The SMILES string of the molecule is CC(CC=O)c1c(O)c(Br)cc2c1OCCCO2. The lowest BCUT2D eigenvalue weighted by Crippen LogP contribution is -2.02. The predicted molar refractivity (Wildman–Crippen MR) is 70.5 cm³/mol. The number of hydrogen-bond donors (Lipinski definition) is 1. The number of halogens is 1. The van der Waals surface area contributed by atoms with E-state index in [1.165, 1.54) is 0 Å². The first kappa shape index (κ1) is 13.2. The Bertz CT molecular complexity index is 459. The molecule has 0 fully saturated rings. The number of phenols is 1. The van der Waals surface area contributed by atoms with Crippen LogP contribution in [0.4, 0.5) is 0 Å². The van der Waals surface area contributed by atoms with Crippen molar-refractivity contribution in [1.29, 1.82) is 0 Å². The normalized spacial score (nSPS) is 15.9. The van der Waals surface area contributed by atoms with Crippen molar-refractivity contribution < 1.29 is 19.4 Å². The van der Waals surface area contributed by atoms with Crippen LogP contribution in [0.5, 0.6) is 17.2 Å². The Kier molecular flexibility index (Phi) is 4.11. The van der Waals surface area contributed by atoms with E-state index < -0.39 is 0 Å². The van der Waals surface area contributed by atoms with Crippen LogP contribution in [0.2, 0.25) is 0 Å². The summed E-state index contributed by atoms with van der Waals surface area (Å²) in [5.74, 6) is 1.18. The first-order valence-electron chi connectivity index (χ1n) is 5.89. The summed E-state index contributed by atoms with van der Waals surface area (Å²) >= 11 is 3.30. The van der Waals surface area contributed by atoms with Gasteiger partial charge in [-0.25, -0.2) is 0 Å². The summed E-state index contributed by atoms with van der Waals surface area (Å²) in [4.78, 5) is 10.7. The molecule has 0 radical (unpaired) electrons. The van der Waals surface area contributed by atoms with Gasteiger partial charge in [-0.05, 0) is 21.8 Å². The average Bonchev–Trinajstić information content (AvgIpc) is 2.56. The van der Waals surface area contributed by atoms with Gasteiger partial charge in [-0.15, -0.1) is 0 Å². The van der Waals surface area contributed by atoms with Crippen LogP contribution in [0, 0.1) is 0 Å². The van der Waals surface area contributed by atoms with Gasteiger partial charge in [0.25, 0.3) is 0 Å². The summed E-state index contributed by atoms with van der Waals surface area (Å²) in [6.07, 6.45) is 1.98. The predicted octanol–water partition coefficient (Wildman–Crippen LogP) is 3.01. The van der Waals surface area contributed by atoms with Crippen LogP contribution in [0.15, 0.2) is 10.5 Å². The average molecular weight is 315 g/mol. The quantitative estimate of drug-likeness (QED) is 0.871. The third-order valence-electron chi connectivity index (χ3n) is 2.94. The topological polar surface area (TPSA) is 55.8 Å². The number of benzene rings is 1. The van der Waals surface area contributed by atoms with E-state index >= 15 is 0 Å². The number of fused-ring (bicyclic) bond motifs is 1. The second-order valence-electron chi connectivity index (χ2n) is 4.30. The van der Waals surface area contributed by atoms with Crippen molar-refractivity contribution in [2.24, 2.45) is 0 Å². The summed E-state index contributed by atoms with van der Waals surface area (Å²) < 4.78 is 11.8. The highest BCUT2D eigenvalue weighted by Gasteiger charge is 2.24. The van der Waals surface area contributed by atoms with E-state index in [4.69, 9.17) is 9.47 Å². The van der Waals surface area contributed by atoms with Gasteiger partial charge in [-0.2, -0.15) is 0 Å². The number of carbonyl (C=O) groups is 1. The molecule has 0 aliphatic carbocycles. The minimum absolute atomic E-state index is 0.115. The molecule has 18 heavy (non-hydrogen) atoms. The highest BCUT2D eigenvalue weighted by atomic mass is 79.9. The monoisotopic (exact) mass is 314 g/mol. The highest BCUT2D eigenvalue weighted by molar-refractivity contribution is 9.10. The molecule has 5 heteroatoms. The maximum Gasteiger partial charge on any atom is 0.168 e. The van der Waals surface area contributed by atoms with Gasteiger partial charge in [0.05, 0.1) is 17.7 Å². The van der Waals surface area contributed by atoms with Crippen LogP contribution < -0.4 is 9.47 Å². The molecular weight excluding hydrogens is 300 g/mol. The molecule has 0 saturated heterocycles. The Balaban J connectivity index is 2.53. The first-order valence-corrected chi connectivity index (χ1v) is 6.69. The lowest BCUT2D eigenvalue weighted by atomic mass is 9.96. The van der Waals surface area contributed by atoms with Gasteiger partial charge in [0.2, 0.25) is 0 Å². The molecule has 1 aliphatic heterocycles. The lowest BCUT2D eigenvalue weighted by molar-refractivity contribution is -0.108. The molecule has 1 aliphatic rings. The number of hydrogen-bond acceptors (Lipinski definition) is 4. The van der Waals surface area contributed by atoms with Crippen molar-refractivity contribution in [3.63, 3.8) is 0 Å². The van der Waals surface area contributed by atoms with Crippen LogP contribution in [-0.4, -0.2) is 24.6 Å². The van der Waals surface area contributed by atoms with Crippen molar-refractivity contribution >= 4 is 22.2 Å². The van der Waals surface area contributed by atoms with E-state index in [0.29, 0.717) is 41.2 Å². The minimum Gasteiger partial charge on any atom is -0.506 e. The van der Waals surface area contributed by atoms with Crippen molar-refractivity contribution in [2.45, 2.75) is 25.7 Å². The third-order valence-corrected chi connectivity index (χ3v) is 3.55. The molecule has 1 aromatic rings. The molecule has 0 aromatic heterocycles. The number of aldehydes is 1. The van der Waals surface area contributed by atoms with Crippen molar-refractivity contribution in [1.82, 2.24) is 0 Å². The van der Waals surface area contributed by atoms with Crippen LogP contribution in [0.1, 0.15) is 31.2 Å². The van der Waals surface area contributed by atoms with Gasteiger partial charge in [0.15, 0.2) is 11.5 Å². The van der Waals surface area contributed by atoms with Gasteiger partial charge in [-0.3, -0.25) is 0 Å². The Labute approximate surface area is 114 Å². The van der Waals surface area contributed by atoms with Crippen LogP contribution in [-0.2, 0) is 4.79 Å². The fourth-order valence-electron chi connectivity index (χ4n) is 2.01. The van der Waals surface area contributed by atoms with Gasteiger partial charge < -0.3 is 19.4 Å². The molecule has 0 bridgehead atoms. The smallest absolute Gasteiger partial charge is 0.168 e. The minimum atomic E-state index is -0.115. The third kappa shape index (κ3) is 2.46. The molecule has 0 spiro atoms. The van der Waals surface area contributed by atoms with E-state index in [9.17, 15) is 9.90 Å². The molecule has 1 heterocycles. The van der Waals surface area contributed by atoms with E-state index in [-0.39, 0.29) is 11.7 Å². The zero-order valence-electron chi connectivity index (χ0n) is 10.1. The van der Waals surface area contributed by atoms with Gasteiger partial charge in [0, 0.05) is 24.5 Å². The van der Waals surface area contributed by atoms with Crippen molar-refractivity contribution in [2.75, 3.05) is 13.2 Å². The second-order valence-corrected chi connectivity index (χ2v) is 5.16. The molecule has 0 saturated carbocycles. The molecule has 1 aromatic carbocycles. The number of phenolic OH excluding ortho intramolecular Hbond substituents is 1. The summed E-state index contributed by atoms with van der Waals surface area (Å²) in [6.45, 7) is 3.02. The Morgan fingerprint density at radius 1 is 1.50 bits per heavy atom. The number of aromatic hydroxyl groups is 1. The van der Waals surface area contributed by atoms with E-state index in [1.54, 1.807) is 6.07 Å². The molecule has 0 amide bonds. The Hall–Kier alpha value is -1.23. The van der Waals surface area contributed by atoms with Crippen LogP contribution in [0.3, 0.4) is 0 Å². The molecule has 1 N–H and O–H groups in total. The number of ether oxygens (including phenoxy) is 2. The second kappa shape index (κ2) is 5.61. The lowest BCUT2D eigenvalue weighted by Gasteiger charge is -2.19. The zero-order valence-corrected chi connectivity index (χ0v) is 11.7. The summed E-state index contributed by atoms with van der Waals surface area (Å²) in [5, 5.41) is 10.1. The first-order chi connectivity index (χ1) is 8.65. The van der Waals surface area contributed by atoms with Crippen molar-refractivity contribution in [3.05, 3.63) is 16.1 Å². The van der Waals surface area contributed by atoms with E-state index in [1.807, 2.05) is 6.92 Å². The summed E-state index contributed by atoms with van der Waals surface area (Å²) in [5.41, 5.74) is 0.633.